The monoisotopic (exact) mass is 353 g/mol. The van der Waals surface area contributed by atoms with Crippen molar-refractivity contribution in [2.45, 2.75) is 13.8 Å². The number of anilines is 1. The zero-order valence-electron chi connectivity index (χ0n) is 13.8. The molecule has 0 radical (unpaired) electrons. The second kappa shape index (κ2) is 6.91. The quantitative estimate of drug-likeness (QED) is 0.779. The molecule has 0 atom stereocenters. The molecule has 0 aliphatic heterocycles. The van der Waals surface area contributed by atoms with Crippen LogP contribution >= 0.6 is 11.6 Å². The molecule has 1 heterocycles. The number of halogens is 1. The molecule has 0 fully saturated rings. The van der Waals surface area contributed by atoms with Gasteiger partial charge in [-0.15, -0.1) is 0 Å². The maximum atomic E-state index is 12.7. The average Bonchev–Trinajstić information content (AvgIpc) is 2.55. The highest BCUT2D eigenvalue weighted by atomic mass is 35.5. The maximum absolute atomic E-state index is 12.7. The zero-order valence-corrected chi connectivity index (χ0v) is 14.5. The molecule has 3 rings (SSSR count). The molecular weight excluding hydrogens is 338 g/mol. The van der Waals surface area contributed by atoms with Gasteiger partial charge in [-0.3, -0.25) is 14.2 Å². The van der Waals surface area contributed by atoms with Gasteiger partial charge in [0, 0.05) is 28.7 Å². The Morgan fingerprint density at radius 2 is 1.84 bits per heavy atom. The third-order valence-corrected chi connectivity index (χ3v) is 3.88. The van der Waals surface area contributed by atoms with Gasteiger partial charge >= 0.3 is 0 Å². The van der Waals surface area contributed by atoms with Crippen molar-refractivity contribution in [3.63, 3.8) is 0 Å². The molecule has 25 heavy (non-hydrogen) atoms. The lowest BCUT2D eigenvalue weighted by Gasteiger charge is -2.10. The number of aryl methyl sites for hydroxylation is 2. The number of amides is 1. The lowest BCUT2D eigenvalue weighted by molar-refractivity contribution is 0.102. The molecule has 1 N–H and O–H groups in total. The van der Waals surface area contributed by atoms with Crippen LogP contribution in [0.3, 0.4) is 0 Å². The van der Waals surface area contributed by atoms with Crippen molar-refractivity contribution in [2.75, 3.05) is 5.32 Å². The van der Waals surface area contributed by atoms with Gasteiger partial charge in [0.05, 0.1) is 0 Å². The summed E-state index contributed by atoms with van der Waals surface area (Å²) in [6, 6.07) is 12.3. The molecule has 0 saturated heterocycles. The van der Waals surface area contributed by atoms with E-state index in [9.17, 15) is 9.59 Å². The first kappa shape index (κ1) is 16.9. The summed E-state index contributed by atoms with van der Waals surface area (Å²) in [7, 11) is 0. The van der Waals surface area contributed by atoms with Crippen LogP contribution in [-0.4, -0.2) is 15.5 Å². The number of hydrogen-bond donors (Lipinski definition) is 1. The van der Waals surface area contributed by atoms with Crippen LogP contribution in [0, 0.1) is 13.8 Å². The Morgan fingerprint density at radius 3 is 2.52 bits per heavy atom. The van der Waals surface area contributed by atoms with Gasteiger partial charge in [-0.2, -0.15) is 0 Å². The van der Waals surface area contributed by atoms with Gasteiger partial charge in [0.25, 0.3) is 11.5 Å². The van der Waals surface area contributed by atoms with E-state index in [0.717, 1.165) is 16.8 Å². The third-order valence-electron chi connectivity index (χ3n) is 3.64. The van der Waals surface area contributed by atoms with Crippen LogP contribution in [0.2, 0.25) is 5.02 Å². The molecule has 3 aromatic rings. The maximum Gasteiger partial charge on any atom is 0.298 e. The first-order valence-electron chi connectivity index (χ1n) is 7.67. The molecule has 5 nitrogen and oxygen atoms in total. The Kier molecular flexibility index (Phi) is 4.67. The minimum absolute atomic E-state index is 0.0355. The van der Waals surface area contributed by atoms with Crippen molar-refractivity contribution in [2.24, 2.45) is 0 Å². The van der Waals surface area contributed by atoms with E-state index in [1.807, 2.05) is 32.0 Å². The first-order chi connectivity index (χ1) is 11.9. The standard InChI is InChI=1S/C19H16ClN3O2/c1-12-8-13(2)10-16(9-12)23-7-6-21-17(19(23)25)22-18(24)14-4-3-5-15(20)11-14/h3-11H,1-2H3,(H,21,22,24). The normalized spacial score (nSPS) is 10.5. The van der Waals surface area contributed by atoms with Crippen LogP contribution < -0.4 is 10.9 Å². The highest BCUT2D eigenvalue weighted by Crippen LogP contribution is 2.14. The number of carbonyl (C=O) groups is 1. The van der Waals surface area contributed by atoms with Crippen LogP contribution in [0.4, 0.5) is 5.82 Å². The molecule has 0 unspecified atom stereocenters. The van der Waals surface area contributed by atoms with E-state index in [1.54, 1.807) is 24.4 Å². The summed E-state index contributed by atoms with van der Waals surface area (Å²) in [6.07, 6.45) is 3.05. The molecule has 2 aromatic carbocycles. The van der Waals surface area contributed by atoms with Crippen LogP contribution in [-0.2, 0) is 0 Å². The van der Waals surface area contributed by atoms with E-state index < -0.39 is 11.5 Å². The van der Waals surface area contributed by atoms with Crippen molar-refractivity contribution in [1.29, 1.82) is 0 Å². The molecule has 1 aromatic heterocycles. The Hall–Kier alpha value is -2.92. The highest BCUT2D eigenvalue weighted by molar-refractivity contribution is 6.31. The van der Waals surface area contributed by atoms with E-state index in [4.69, 9.17) is 11.6 Å². The van der Waals surface area contributed by atoms with Gasteiger partial charge in [0.15, 0.2) is 5.82 Å². The predicted molar refractivity (Wildman–Crippen MR) is 98.7 cm³/mol. The van der Waals surface area contributed by atoms with Crippen molar-refractivity contribution >= 4 is 23.3 Å². The second-order valence-corrected chi connectivity index (χ2v) is 6.20. The van der Waals surface area contributed by atoms with Gasteiger partial charge in [-0.05, 0) is 55.3 Å². The SMILES string of the molecule is Cc1cc(C)cc(-n2ccnc(NC(=O)c3cccc(Cl)c3)c2=O)c1. The molecular formula is C19H16ClN3O2. The molecule has 6 heteroatoms. The topological polar surface area (TPSA) is 64.0 Å². The fraction of sp³-hybridized carbons (Fsp3) is 0.105. The van der Waals surface area contributed by atoms with Gasteiger partial charge in [0.1, 0.15) is 0 Å². The number of hydrogen-bond acceptors (Lipinski definition) is 3. The molecule has 0 aliphatic rings. The van der Waals surface area contributed by atoms with Crippen LogP contribution in [0.15, 0.2) is 59.7 Å². The summed E-state index contributed by atoms with van der Waals surface area (Å²) >= 11 is 5.90. The zero-order chi connectivity index (χ0) is 18.0. The Morgan fingerprint density at radius 1 is 1.12 bits per heavy atom. The number of rotatable bonds is 3. The van der Waals surface area contributed by atoms with Crippen LogP contribution in [0.1, 0.15) is 21.5 Å². The number of nitrogens with one attached hydrogen (secondary N) is 1. The lowest BCUT2D eigenvalue weighted by atomic mass is 10.1. The van der Waals surface area contributed by atoms with Crippen LogP contribution in [0.5, 0.6) is 0 Å². The lowest BCUT2D eigenvalue weighted by Crippen LogP contribution is -2.26. The van der Waals surface area contributed by atoms with Crippen molar-refractivity contribution < 1.29 is 4.79 Å². The fourth-order valence-electron chi connectivity index (χ4n) is 2.60. The molecule has 0 aliphatic carbocycles. The van der Waals surface area contributed by atoms with E-state index in [0.29, 0.717) is 10.6 Å². The van der Waals surface area contributed by atoms with E-state index >= 15 is 0 Å². The van der Waals surface area contributed by atoms with Crippen LogP contribution in [0.25, 0.3) is 5.69 Å². The average molecular weight is 354 g/mol. The van der Waals surface area contributed by atoms with E-state index in [1.165, 1.54) is 16.8 Å². The number of carbonyl (C=O) groups excluding carboxylic acids is 1. The third kappa shape index (κ3) is 3.78. The van der Waals surface area contributed by atoms with Gasteiger partial charge < -0.3 is 5.32 Å². The van der Waals surface area contributed by atoms with Crippen molar-refractivity contribution in [1.82, 2.24) is 9.55 Å². The van der Waals surface area contributed by atoms with E-state index in [2.05, 4.69) is 10.3 Å². The van der Waals surface area contributed by atoms with Crippen molar-refractivity contribution in [3.8, 4) is 5.69 Å². The minimum atomic E-state index is -0.440. The smallest absolute Gasteiger partial charge is 0.298 e. The summed E-state index contributed by atoms with van der Waals surface area (Å²) in [4.78, 5) is 29.0. The molecule has 0 saturated carbocycles. The predicted octanol–water partition coefficient (Wildman–Crippen LogP) is 3.76. The molecule has 1 amide bonds. The molecule has 126 valence electrons. The largest absolute Gasteiger partial charge is 0.302 e. The van der Waals surface area contributed by atoms with Gasteiger partial charge in [-0.25, -0.2) is 4.98 Å². The summed E-state index contributed by atoms with van der Waals surface area (Å²) < 4.78 is 1.46. The summed E-state index contributed by atoms with van der Waals surface area (Å²) in [6.45, 7) is 3.93. The Balaban J connectivity index is 1.96. The highest BCUT2D eigenvalue weighted by Gasteiger charge is 2.12. The summed E-state index contributed by atoms with van der Waals surface area (Å²) in [5, 5.41) is 3.00. The van der Waals surface area contributed by atoms with Crippen molar-refractivity contribution in [3.05, 3.63) is 86.9 Å². The molecule has 0 spiro atoms. The number of benzene rings is 2. The molecule has 0 bridgehead atoms. The van der Waals surface area contributed by atoms with Gasteiger partial charge in [-0.1, -0.05) is 23.7 Å². The number of nitrogens with zero attached hydrogens (tertiary/aromatic N) is 2. The minimum Gasteiger partial charge on any atom is -0.302 e. The fourth-order valence-corrected chi connectivity index (χ4v) is 2.79. The second-order valence-electron chi connectivity index (χ2n) is 5.76. The summed E-state index contributed by atoms with van der Waals surface area (Å²) in [5.74, 6) is -0.475. The first-order valence-corrected chi connectivity index (χ1v) is 8.05. The van der Waals surface area contributed by atoms with E-state index in [-0.39, 0.29) is 5.82 Å². The Bertz CT molecular complexity index is 991. The number of aromatic nitrogens is 2. The summed E-state index contributed by atoms with van der Waals surface area (Å²) in [5.41, 5.74) is 2.77. The Labute approximate surface area is 149 Å². The van der Waals surface area contributed by atoms with Gasteiger partial charge in [0.2, 0.25) is 0 Å².